The van der Waals surface area contributed by atoms with Gasteiger partial charge in [-0.3, -0.25) is 14.2 Å². The Kier molecular flexibility index (Phi) is 3.57. The van der Waals surface area contributed by atoms with E-state index in [0.717, 1.165) is 28.6 Å². The van der Waals surface area contributed by atoms with E-state index >= 15 is 0 Å². The number of hydrogen-bond acceptors (Lipinski definition) is 5. The number of carboxylic acid groups (broad SMARTS) is 1. The van der Waals surface area contributed by atoms with E-state index in [-0.39, 0.29) is 17.4 Å². The van der Waals surface area contributed by atoms with E-state index in [4.69, 9.17) is 5.11 Å². The molecule has 2 heterocycles. The minimum Gasteiger partial charge on any atom is -0.481 e. The van der Waals surface area contributed by atoms with Crippen molar-refractivity contribution in [3.8, 4) is 0 Å². The van der Waals surface area contributed by atoms with Gasteiger partial charge in [-0.15, -0.1) is 11.3 Å². The highest BCUT2D eigenvalue weighted by Gasteiger charge is 2.37. The summed E-state index contributed by atoms with van der Waals surface area (Å²) in [5.74, 6) is -0.531. The van der Waals surface area contributed by atoms with Gasteiger partial charge in [-0.25, -0.2) is 4.98 Å². The standard InChI is InChI=1S/C14H16N2O3S2/c1-6-4-9(6)16-13(19)11-7(2)8(3)21-12(11)15-14(16)20-5-10(17)18/h6,9H,4-5H2,1-3H3,(H,17,18). The fraction of sp³-hybridized carbons (Fsp3) is 0.500. The van der Waals surface area contributed by atoms with E-state index in [1.165, 1.54) is 11.3 Å². The molecule has 1 fully saturated rings. The molecule has 2 unspecified atom stereocenters. The van der Waals surface area contributed by atoms with E-state index < -0.39 is 5.97 Å². The molecule has 3 rings (SSSR count). The number of fused-ring (bicyclic) bond motifs is 1. The Balaban J connectivity index is 2.20. The summed E-state index contributed by atoms with van der Waals surface area (Å²) in [5.41, 5.74) is 0.966. The Morgan fingerprint density at radius 3 is 2.76 bits per heavy atom. The summed E-state index contributed by atoms with van der Waals surface area (Å²) in [6.45, 7) is 6.02. The van der Waals surface area contributed by atoms with Crippen LogP contribution in [0.25, 0.3) is 10.2 Å². The molecule has 5 nitrogen and oxygen atoms in total. The first-order valence-electron chi connectivity index (χ1n) is 6.77. The van der Waals surface area contributed by atoms with Gasteiger partial charge in [-0.05, 0) is 31.7 Å². The number of carbonyl (C=O) groups is 1. The number of aliphatic carboxylic acids is 1. The molecule has 0 radical (unpaired) electrons. The number of thioether (sulfide) groups is 1. The van der Waals surface area contributed by atoms with Crippen LogP contribution in [0.5, 0.6) is 0 Å². The molecule has 1 saturated carbocycles. The van der Waals surface area contributed by atoms with Crippen LogP contribution in [-0.4, -0.2) is 26.4 Å². The van der Waals surface area contributed by atoms with Crippen LogP contribution in [0.15, 0.2) is 9.95 Å². The smallest absolute Gasteiger partial charge is 0.313 e. The lowest BCUT2D eigenvalue weighted by Gasteiger charge is -2.10. The molecule has 0 bridgehead atoms. The number of nitrogens with zero attached hydrogens (tertiary/aromatic N) is 2. The first-order chi connectivity index (χ1) is 9.90. The van der Waals surface area contributed by atoms with Crippen molar-refractivity contribution in [1.29, 1.82) is 0 Å². The van der Waals surface area contributed by atoms with Gasteiger partial charge in [0.25, 0.3) is 5.56 Å². The topological polar surface area (TPSA) is 72.2 Å². The lowest BCUT2D eigenvalue weighted by Crippen LogP contribution is -2.23. The van der Waals surface area contributed by atoms with Crippen LogP contribution >= 0.6 is 23.1 Å². The number of rotatable bonds is 4. The number of aryl methyl sites for hydroxylation is 2. The summed E-state index contributed by atoms with van der Waals surface area (Å²) in [7, 11) is 0. The molecule has 112 valence electrons. The zero-order valence-corrected chi connectivity index (χ0v) is 13.7. The quantitative estimate of drug-likeness (QED) is 0.691. The van der Waals surface area contributed by atoms with Crippen LogP contribution in [0.2, 0.25) is 0 Å². The monoisotopic (exact) mass is 324 g/mol. The molecule has 2 aromatic heterocycles. The highest BCUT2D eigenvalue weighted by Crippen LogP contribution is 2.44. The second kappa shape index (κ2) is 5.14. The minimum atomic E-state index is -0.900. The summed E-state index contributed by atoms with van der Waals surface area (Å²) in [5, 5.41) is 10.1. The molecule has 21 heavy (non-hydrogen) atoms. The number of hydrogen-bond donors (Lipinski definition) is 1. The summed E-state index contributed by atoms with van der Waals surface area (Å²) in [6, 6.07) is 0.158. The van der Waals surface area contributed by atoms with E-state index in [2.05, 4.69) is 11.9 Å². The highest BCUT2D eigenvalue weighted by atomic mass is 32.2. The molecule has 1 aliphatic rings. The normalized spacial score (nSPS) is 20.9. The van der Waals surface area contributed by atoms with Gasteiger partial charge in [-0.1, -0.05) is 18.7 Å². The largest absolute Gasteiger partial charge is 0.481 e. The van der Waals surface area contributed by atoms with Crippen LogP contribution in [0.1, 0.15) is 29.8 Å². The Hall–Kier alpha value is -1.34. The predicted octanol–water partition coefficient (Wildman–Crippen LogP) is 2.83. The van der Waals surface area contributed by atoms with Crippen molar-refractivity contribution in [3.05, 3.63) is 20.8 Å². The summed E-state index contributed by atoms with van der Waals surface area (Å²) in [6.07, 6.45) is 0.954. The zero-order valence-electron chi connectivity index (χ0n) is 12.0. The molecule has 7 heteroatoms. The third-order valence-corrected chi connectivity index (χ3v) is 5.96. The van der Waals surface area contributed by atoms with Crippen molar-refractivity contribution in [1.82, 2.24) is 9.55 Å². The molecule has 0 saturated heterocycles. The maximum Gasteiger partial charge on any atom is 0.313 e. The third kappa shape index (κ3) is 2.48. The Labute approximate surface area is 130 Å². The first kappa shape index (κ1) is 14.6. The van der Waals surface area contributed by atoms with Gasteiger partial charge in [0.2, 0.25) is 0 Å². The third-order valence-electron chi connectivity index (χ3n) is 3.93. The summed E-state index contributed by atoms with van der Waals surface area (Å²) < 4.78 is 1.71. The van der Waals surface area contributed by atoms with Crippen molar-refractivity contribution >= 4 is 39.3 Å². The van der Waals surface area contributed by atoms with E-state index in [1.807, 2.05) is 13.8 Å². The molecular formula is C14H16N2O3S2. The van der Waals surface area contributed by atoms with Crippen molar-refractivity contribution in [2.75, 3.05) is 5.75 Å². The minimum absolute atomic E-state index is 0.0240. The van der Waals surface area contributed by atoms with Gasteiger partial charge in [0, 0.05) is 10.9 Å². The van der Waals surface area contributed by atoms with Gasteiger partial charge < -0.3 is 5.11 Å². The lowest BCUT2D eigenvalue weighted by atomic mass is 10.2. The highest BCUT2D eigenvalue weighted by molar-refractivity contribution is 7.99. The van der Waals surface area contributed by atoms with Crippen molar-refractivity contribution < 1.29 is 9.90 Å². The average Bonchev–Trinajstić information content (AvgIpc) is 3.04. The SMILES string of the molecule is Cc1sc2nc(SCC(=O)O)n(C3CC3C)c(=O)c2c1C. The maximum absolute atomic E-state index is 12.8. The maximum atomic E-state index is 12.8. The average molecular weight is 324 g/mol. The van der Waals surface area contributed by atoms with Crippen LogP contribution in [0, 0.1) is 19.8 Å². The van der Waals surface area contributed by atoms with Crippen LogP contribution < -0.4 is 5.56 Å². The molecule has 0 amide bonds. The number of aromatic nitrogens is 2. The molecule has 2 atom stereocenters. The van der Waals surface area contributed by atoms with Crippen molar-refractivity contribution in [2.45, 2.75) is 38.4 Å². The number of carboxylic acids is 1. The lowest BCUT2D eigenvalue weighted by molar-refractivity contribution is -0.133. The second-order valence-corrected chi connectivity index (χ2v) is 7.64. The summed E-state index contributed by atoms with van der Waals surface area (Å²) >= 11 is 2.63. The van der Waals surface area contributed by atoms with Gasteiger partial charge in [0.1, 0.15) is 4.83 Å². The van der Waals surface area contributed by atoms with Gasteiger partial charge in [0.15, 0.2) is 5.16 Å². The van der Waals surface area contributed by atoms with Crippen molar-refractivity contribution in [2.24, 2.45) is 5.92 Å². The van der Waals surface area contributed by atoms with E-state index in [1.54, 1.807) is 4.57 Å². The Morgan fingerprint density at radius 2 is 2.19 bits per heavy atom. The molecular weight excluding hydrogens is 308 g/mol. The number of thiophene rings is 1. The Bertz CT molecular complexity index is 794. The van der Waals surface area contributed by atoms with Crippen LogP contribution in [0.4, 0.5) is 0 Å². The van der Waals surface area contributed by atoms with Gasteiger partial charge in [0.05, 0.1) is 11.1 Å². The molecule has 0 spiro atoms. The Morgan fingerprint density at radius 1 is 1.52 bits per heavy atom. The predicted molar refractivity (Wildman–Crippen MR) is 84.5 cm³/mol. The van der Waals surface area contributed by atoms with Gasteiger partial charge >= 0.3 is 5.97 Å². The van der Waals surface area contributed by atoms with Crippen LogP contribution in [0.3, 0.4) is 0 Å². The molecule has 0 aromatic carbocycles. The first-order valence-corrected chi connectivity index (χ1v) is 8.57. The summed E-state index contributed by atoms with van der Waals surface area (Å²) in [4.78, 5) is 30.0. The van der Waals surface area contributed by atoms with Crippen molar-refractivity contribution in [3.63, 3.8) is 0 Å². The molecule has 2 aromatic rings. The molecule has 0 aliphatic heterocycles. The van der Waals surface area contributed by atoms with E-state index in [9.17, 15) is 9.59 Å². The molecule has 1 N–H and O–H groups in total. The van der Waals surface area contributed by atoms with Gasteiger partial charge in [-0.2, -0.15) is 0 Å². The fourth-order valence-electron chi connectivity index (χ4n) is 2.47. The second-order valence-electron chi connectivity index (χ2n) is 5.50. The zero-order chi connectivity index (χ0) is 15.3. The van der Waals surface area contributed by atoms with Crippen LogP contribution in [-0.2, 0) is 4.79 Å². The molecule has 1 aliphatic carbocycles. The van der Waals surface area contributed by atoms with E-state index in [0.29, 0.717) is 21.3 Å². The fourth-order valence-corrected chi connectivity index (χ4v) is 4.31.